The number of rotatable bonds is 3. The van der Waals surface area contributed by atoms with Gasteiger partial charge in [0.15, 0.2) is 0 Å². The van der Waals surface area contributed by atoms with Crippen LogP contribution in [0.4, 0.5) is 0 Å². The second kappa shape index (κ2) is 4.31. The van der Waals surface area contributed by atoms with Gasteiger partial charge in [-0.2, -0.15) is 5.26 Å². The summed E-state index contributed by atoms with van der Waals surface area (Å²) in [7, 11) is 0. The fourth-order valence-electron chi connectivity index (χ4n) is 1.41. The van der Waals surface area contributed by atoms with Crippen LogP contribution in [0.5, 0.6) is 0 Å². The molecule has 0 aliphatic carbocycles. The standard InChI is InChI=1S/C14H17N/c1-11(2)14(3,4)9-12-7-5-6-8-13(12)10-15/h5-8H,1,9H2,2-4H3. The van der Waals surface area contributed by atoms with Crippen molar-refractivity contribution in [1.29, 1.82) is 5.26 Å². The van der Waals surface area contributed by atoms with Gasteiger partial charge >= 0.3 is 0 Å². The average Bonchev–Trinajstić information content (AvgIpc) is 2.18. The third-order valence-corrected chi connectivity index (χ3v) is 2.93. The highest BCUT2D eigenvalue weighted by Crippen LogP contribution is 2.30. The average molecular weight is 199 g/mol. The molecule has 15 heavy (non-hydrogen) atoms. The molecule has 0 fully saturated rings. The van der Waals surface area contributed by atoms with Gasteiger partial charge in [0, 0.05) is 0 Å². The van der Waals surface area contributed by atoms with Crippen LogP contribution >= 0.6 is 0 Å². The third kappa shape index (κ3) is 2.70. The van der Waals surface area contributed by atoms with Crippen LogP contribution in [0.25, 0.3) is 0 Å². The second-order valence-corrected chi connectivity index (χ2v) is 4.61. The van der Waals surface area contributed by atoms with Gasteiger partial charge in [-0.05, 0) is 30.4 Å². The van der Waals surface area contributed by atoms with E-state index in [1.165, 1.54) is 0 Å². The molecule has 1 aromatic rings. The molecule has 0 N–H and O–H groups in total. The molecule has 1 heteroatoms. The fraction of sp³-hybridized carbons (Fsp3) is 0.357. The Hall–Kier alpha value is -1.55. The minimum Gasteiger partial charge on any atom is -0.192 e. The summed E-state index contributed by atoms with van der Waals surface area (Å²) in [5, 5.41) is 8.98. The van der Waals surface area contributed by atoms with Crippen molar-refractivity contribution in [2.75, 3.05) is 0 Å². The van der Waals surface area contributed by atoms with Crippen molar-refractivity contribution >= 4 is 0 Å². The van der Waals surface area contributed by atoms with E-state index >= 15 is 0 Å². The molecule has 0 bridgehead atoms. The lowest BCUT2D eigenvalue weighted by Gasteiger charge is -2.25. The molecule has 0 unspecified atom stereocenters. The van der Waals surface area contributed by atoms with Crippen LogP contribution < -0.4 is 0 Å². The number of hydrogen-bond acceptors (Lipinski definition) is 1. The first-order chi connectivity index (χ1) is 6.97. The van der Waals surface area contributed by atoms with E-state index in [0.29, 0.717) is 0 Å². The van der Waals surface area contributed by atoms with Crippen molar-refractivity contribution in [1.82, 2.24) is 0 Å². The van der Waals surface area contributed by atoms with Crippen molar-refractivity contribution in [2.24, 2.45) is 5.41 Å². The minimum atomic E-state index is 0.0486. The molecular formula is C14H17N. The van der Waals surface area contributed by atoms with E-state index in [4.69, 9.17) is 5.26 Å². The van der Waals surface area contributed by atoms with Gasteiger partial charge in [0.2, 0.25) is 0 Å². The summed E-state index contributed by atoms with van der Waals surface area (Å²) in [6.07, 6.45) is 0.867. The Bertz CT molecular complexity index is 408. The number of nitriles is 1. The predicted molar refractivity (Wildman–Crippen MR) is 63.5 cm³/mol. The summed E-state index contributed by atoms with van der Waals surface area (Å²) in [6.45, 7) is 10.3. The molecule has 0 saturated carbocycles. The van der Waals surface area contributed by atoms with Crippen LogP contribution in [0.2, 0.25) is 0 Å². The van der Waals surface area contributed by atoms with E-state index in [1.54, 1.807) is 0 Å². The fourth-order valence-corrected chi connectivity index (χ4v) is 1.41. The zero-order valence-electron chi connectivity index (χ0n) is 9.67. The molecule has 0 aromatic heterocycles. The molecule has 1 rings (SSSR count). The van der Waals surface area contributed by atoms with Crippen molar-refractivity contribution in [2.45, 2.75) is 27.2 Å². The maximum atomic E-state index is 8.98. The minimum absolute atomic E-state index is 0.0486. The summed E-state index contributed by atoms with van der Waals surface area (Å²) in [5.74, 6) is 0. The molecule has 0 heterocycles. The summed E-state index contributed by atoms with van der Waals surface area (Å²) in [4.78, 5) is 0. The van der Waals surface area contributed by atoms with Gasteiger partial charge in [-0.1, -0.05) is 44.2 Å². The molecular weight excluding hydrogens is 182 g/mol. The Labute approximate surface area is 92.1 Å². The maximum absolute atomic E-state index is 8.98. The number of benzene rings is 1. The Balaban J connectivity index is 3.00. The second-order valence-electron chi connectivity index (χ2n) is 4.61. The molecule has 1 nitrogen and oxygen atoms in total. The van der Waals surface area contributed by atoms with Crippen LogP contribution in [0.3, 0.4) is 0 Å². The monoisotopic (exact) mass is 199 g/mol. The van der Waals surface area contributed by atoms with Crippen molar-refractivity contribution < 1.29 is 0 Å². The third-order valence-electron chi connectivity index (χ3n) is 2.93. The van der Waals surface area contributed by atoms with Crippen molar-refractivity contribution in [3.8, 4) is 6.07 Å². The first kappa shape index (κ1) is 11.5. The highest BCUT2D eigenvalue weighted by atomic mass is 14.3. The van der Waals surface area contributed by atoms with Crippen LogP contribution in [0.1, 0.15) is 31.9 Å². The highest BCUT2D eigenvalue weighted by molar-refractivity contribution is 5.38. The Kier molecular flexibility index (Phi) is 3.31. The number of nitrogens with zero attached hydrogens (tertiary/aromatic N) is 1. The maximum Gasteiger partial charge on any atom is 0.0994 e. The van der Waals surface area contributed by atoms with Gasteiger partial charge in [-0.25, -0.2) is 0 Å². The lowest BCUT2D eigenvalue weighted by atomic mass is 9.79. The van der Waals surface area contributed by atoms with Crippen molar-refractivity contribution in [3.63, 3.8) is 0 Å². The Morgan fingerprint density at radius 1 is 1.40 bits per heavy atom. The molecule has 78 valence electrons. The molecule has 0 aliphatic rings. The van der Waals surface area contributed by atoms with Crippen molar-refractivity contribution in [3.05, 3.63) is 47.5 Å². The first-order valence-corrected chi connectivity index (χ1v) is 5.11. The summed E-state index contributed by atoms with van der Waals surface area (Å²) >= 11 is 0. The molecule has 0 saturated heterocycles. The lowest BCUT2D eigenvalue weighted by Crippen LogP contribution is -2.16. The quantitative estimate of drug-likeness (QED) is 0.681. The van der Waals surface area contributed by atoms with Crippen LogP contribution in [0.15, 0.2) is 36.4 Å². The molecule has 0 amide bonds. The van der Waals surface area contributed by atoms with E-state index in [0.717, 1.165) is 23.1 Å². The summed E-state index contributed by atoms with van der Waals surface area (Å²) < 4.78 is 0. The molecule has 1 aromatic carbocycles. The van der Waals surface area contributed by atoms with Gasteiger partial charge in [0.1, 0.15) is 0 Å². The lowest BCUT2D eigenvalue weighted by molar-refractivity contribution is 0.445. The van der Waals surface area contributed by atoms with Crippen LogP contribution in [-0.4, -0.2) is 0 Å². The Morgan fingerprint density at radius 3 is 2.53 bits per heavy atom. The van der Waals surface area contributed by atoms with Crippen LogP contribution in [0, 0.1) is 16.7 Å². The summed E-state index contributed by atoms with van der Waals surface area (Å²) in [5.41, 5.74) is 3.07. The normalized spacial score (nSPS) is 10.8. The molecule has 0 aliphatic heterocycles. The molecule has 0 spiro atoms. The largest absolute Gasteiger partial charge is 0.192 e. The van der Waals surface area contributed by atoms with E-state index in [9.17, 15) is 0 Å². The zero-order chi connectivity index (χ0) is 11.5. The van der Waals surface area contributed by atoms with Gasteiger partial charge < -0.3 is 0 Å². The number of hydrogen-bond donors (Lipinski definition) is 0. The van der Waals surface area contributed by atoms with E-state index < -0.39 is 0 Å². The van der Waals surface area contributed by atoms with Gasteiger partial charge in [0.25, 0.3) is 0 Å². The van der Waals surface area contributed by atoms with E-state index in [-0.39, 0.29) is 5.41 Å². The smallest absolute Gasteiger partial charge is 0.0994 e. The van der Waals surface area contributed by atoms with Gasteiger partial charge in [0.05, 0.1) is 11.6 Å². The summed E-state index contributed by atoms with van der Waals surface area (Å²) in [6, 6.07) is 9.98. The van der Waals surface area contributed by atoms with E-state index in [1.807, 2.05) is 31.2 Å². The van der Waals surface area contributed by atoms with Gasteiger partial charge in [-0.15, -0.1) is 0 Å². The van der Waals surface area contributed by atoms with Gasteiger partial charge in [-0.3, -0.25) is 0 Å². The zero-order valence-corrected chi connectivity index (χ0v) is 9.67. The predicted octanol–water partition coefficient (Wildman–Crippen LogP) is 3.70. The SMILES string of the molecule is C=C(C)C(C)(C)Cc1ccccc1C#N. The topological polar surface area (TPSA) is 23.8 Å². The van der Waals surface area contributed by atoms with Crippen LogP contribution in [-0.2, 0) is 6.42 Å². The first-order valence-electron chi connectivity index (χ1n) is 5.11. The molecule has 0 radical (unpaired) electrons. The Morgan fingerprint density at radius 2 is 2.00 bits per heavy atom. The molecule has 0 atom stereocenters. The van der Waals surface area contributed by atoms with E-state index in [2.05, 4.69) is 26.5 Å². The number of allylic oxidation sites excluding steroid dienone is 1. The highest BCUT2D eigenvalue weighted by Gasteiger charge is 2.20.